The van der Waals surface area contributed by atoms with Crippen LogP contribution in [0.4, 0.5) is 0 Å². The number of nitrogens with one attached hydrogen (secondary N) is 1. The van der Waals surface area contributed by atoms with Gasteiger partial charge in [-0.15, -0.1) is 11.3 Å². The first-order valence-electron chi connectivity index (χ1n) is 6.11. The van der Waals surface area contributed by atoms with Crippen molar-refractivity contribution in [1.82, 2.24) is 10.3 Å². The highest BCUT2D eigenvalue weighted by atomic mass is 32.1. The number of thiazole rings is 1. The monoisotopic (exact) mass is 246 g/mol. The molecule has 3 heteroatoms. The van der Waals surface area contributed by atoms with Crippen molar-refractivity contribution in [2.75, 3.05) is 6.54 Å². The zero-order chi connectivity index (χ0) is 11.9. The van der Waals surface area contributed by atoms with Gasteiger partial charge >= 0.3 is 0 Å². The van der Waals surface area contributed by atoms with Crippen molar-refractivity contribution in [2.45, 2.75) is 26.3 Å². The van der Waals surface area contributed by atoms with Crippen molar-refractivity contribution in [1.29, 1.82) is 0 Å². The van der Waals surface area contributed by atoms with Crippen LogP contribution in [0, 0.1) is 0 Å². The van der Waals surface area contributed by atoms with E-state index in [9.17, 15) is 0 Å². The highest BCUT2D eigenvalue weighted by Gasteiger charge is 2.03. The molecule has 1 aromatic heterocycles. The maximum absolute atomic E-state index is 4.46. The molecule has 0 radical (unpaired) electrons. The van der Waals surface area contributed by atoms with E-state index in [0.717, 1.165) is 18.1 Å². The maximum Gasteiger partial charge on any atom is 0.123 e. The summed E-state index contributed by atoms with van der Waals surface area (Å²) < 4.78 is 0. The van der Waals surface area contributed by atoms with E-state index in [1.54, 1.807) is 11.3 Å². The molecule has 17 heavy (non-hydrogen) atoms. The minimum Gasteiger partial charge on any atom is -0.312 e. The van der Waals surface area contributed by atoms with Crippen molar-refractivity contribution in [3.05, 3.63) is 41.4 Å². The quantitative estimate of drug-likeness (QED) is 0.786. The molecule has 0 atom stereocenters. The Morgan fingerprint density at radius 1 is 1.24 bits per heavy atom. The molecule has 0 spiro atoms. The van der Waals surface area contributed by atoms with E-state index in [-0.39, 0.29) is 0 Å². The summed E-state index contributed by atoms with van der Waals surface area (Å²) in [7, 11) is 0. The van der Waals surface area contributed by atoms with Crippen molar-refractivity contribution in [2.24, 2.45) is 0 Å². The fourth-order valence-electron chi connectivity index (χ4n) is 1.62. The molecule has 0 saturated heterocycles. The second kappa shape index (κ2) is 6.52. The average Bonchev–Trinajstić information content (AvgIpc) is 2.85. The van der Waals surface area contributed by atoms with Gasteiger partial charge in [0.2, 0.25) is 0 Å². The Hall–Kier alpha value is -1.19. The van der Waals surface area contributed by atoms with Gasteiger partial charge in [-0.1, -0.05) is 43.7 Å². The summed E-state index contributed by atoms with van der Waals surface area (Å²) in [6.07, 6.45) is 4.46. The summed E-state index contributed by atoms with van der Waals surface area (Å²) in [5.41, 5.74) is 1.21. The standard InChI is InChI=1S/C14H18N2S/c1-2-3-9-15-10-13-11-16-14(17-13)12-7-5-4-6-8-12/h4-8,11,15H,2-3,9-10H2,1H3. The average molecular weight is 246 g/mol. The molecule has 2 nitrogen and oxygen atoms in total. The van der Waals surface area contributed by atoms with E-state index in [1.807, 2.05) is 12.3 Å². The van der Waals surface area contributed by atoms with Crippen molar-refractivity contribution in [3.8, 4) is 10.6 Å². The van der Waals surface area contributed by atoms with Gasteiger partial charge in [0.05, 0.1) is 0 Å². The summed E-state index contributed by atoms with van der Waals surface area (Å²) in [5.74, 6) is 0. The third kappa shape index (κ3) is 3.65. The van der Waals surface area contributed by atoms with E-state index in [1.165, 1.54) is 23.3 Å². The molecular formula is C14H18N2S. The minimum atomic E-state index is 0.935. The fourth-order valence-corrected chi connectivity index (χ4v) is 2.50. The summed E-state index contributed by atoms with van der Waals surface area (Å²) >= 11 is 1.77. The predicted octanol–water partition coefficient (Wildman–Crippen LogP) is 3.70. The van der Waals surface area contributed by atoms with Crippen LogP contribution in [-0.4, -0.2) is 11.5 Å². The third-order valence-corrected chi connectivity index (χ3v) is 3.63. The van der Waals surface area contributed by atoms with Crippen LogP contribution in [0.15, 0.2) is 36.5 Å². The number of unbranched alkanes of at least 4 members (excludes halogenated alkanes) is 1. The smallest absolute Gasteiger partial charge is 0.123 e. The topological polar surface area (TPSA) is 24.9 Å². The molecule has 1 heterocycles. The Bertz CT molecular complexity index is 436. The van der Waals surface area contributed by atoms with Crippen molar-refractivity contribution < 1.29 is 0 Å². The molecule has 2 rings (SSSR count). The lowest BCUT2D eigenvalue weighted by Gasteiger charge is -1.99. The lowest BCUT2D eigenvalue weighted by Crippen LogP contribution is -2.13. The molecule has 1 N–H and O–H groups in total. The van der Waals surface area contributed by atoms with E-state index < -0.39 is 0 Å². The summed E-state index contributed by atoms with van der Waals surface area (Å²) in [4.78, 5) is 5.77. The third-order valence-electron chi connectivity index (χ3n) is 2.58. The number of nitrogens with zero attached hydrogens (tertiary/aromatic N) is 1. The summed E-state index contributed by atoms with van der Waals surface area (Å²) in [6.45, 7) is 4.24. The molecule has 0 aliphatic heterocycles. The van der Waals surface area contributed by atoms with Gasteiger partial charge in [0.1, 0.15) is 5.01 Å². The number of hydrogen-bond acceptors (Lipinski definition) is 3. The molecule has 0 unspecified atom stereocenters. The van der Waals surface area contributed by atoms with Crippen LogP contribution in [0.3, 0.4) is 0 Å². The minimum absolute atomic E-state index is 0.935. The number of rotatable bonds is 6. The second-order valence-corrected chi connectivity index (χ2v) is 5.14. The SMILES string of the molecule is CCCCNCc1cnc(-c2ccccc2)s1. The van der Waals surface area contributed by atoms with Crippen LogP contribution in [0.2, 0.25) is 0 Å². The normalized spacial score (nSPS) is 10.6. The molecule has 0 aliphatic rings. The Kier molecular flexibility index (Phi) is 4.71. The van der Waals surface area contributed by atoms with Crippen LogP contribution in [0.5, 0.6) is 0 Å². The highest BCUT2D eigenvalue weighted by molar-refractivity contribution is 7.15. The lowest BCUT2D eigenvalue weighted by molar-refractivity contribution is 0.645. The van der Waals surface area contributed by atoms with Crippen molar-refractivity contribution in [3.63, 3.8) is 0 Å². The van der Waals surface area contributed by atoms with Gasteiger partial charge in [-0.25, -0.2) is 4.98 Å². The molecule has 0 aliphatic carbocycles. The number of aromatic nitrogens is 1. The van der Waals surface area contributed by atoms with Gasteiger partial charge in [0.15, 0.2) is 0 Å². The Labute approximate surface area is 107 Å². The zero-order valence-corrected chi connectivity index (χ0v) is 11.0. The Balaban J connectivity index is 1.92. The molecule has 2 aromatic rings. The van der Waals surface area contributed by atoms with E-state index >= 15 is 0 Å². The number of benzene rings is 1. The van der Waals surface area contributed by atoms with Crippen LogP contribution >= 0.6 is 11.3 Å². The first kappa shape index (κ1) is 12.3. The Morgan fingerprint density at radius 3 is 2.82 bits per heavy atom. The van der Waals surface area contributed by atoms with E-state index in [2.05, 4.69) is 41.5 Å². The molecule has 1 aromatic carbocycles. The van der Waals surface area contributed by atoms with E-state index in [0.29, 0.717) is 0 Å². The van der Waals surface area contributed by atoms with Crippen LogP contribution in [0.1, 0.15) is 24.6 Å². The predicted molar refractivity (Wildman–Crippen MR) is 74.2 cm³/mol. The van der Waals surface area contributed by atoms with Crippen LogP contribution in [0.25, 0.3) is 10.6 Å². The zero-order valence-electron chi connectivity index (χ0n) is 10.1. The largest absolute Gasteiger partial charge is 0.312 e. The van der Waals surface area contributed by atoms with Gasteiger partial charge < -0.3 is 5.32 Å². The van der Waals surface area contributed by atoms with Gasteiger partial charge in [0.25, 0.3) is 0 Å². The molecule has 0 saturated carbocycles. The summed E-state index contributed by atoms with van der Waals surface area (Å²) in [6, 6.07) is 10.3. The van der Waals surface area contributed by atoms with E-state index in [4.69, 9.17) is 0 Å². The Morgan fingerprint density at radius 2 is 2.06 bits per heavy atom. The fraction of sp³-hybridized carbons (Fsp3) is 0.357. The van der Waals surface area contributed by atoms with Gasteiger partial charge in [-0.3, -0.25) is 0 Å². The summed E-state index contributed by atoms with van der Waals surface area (Å²) in [5, 5.41) is 4.55. The van der Waals surface area contributed by atoms with Gasteiger partial charge in [-0.2, -0.15) is 0 Å². The molecule has 0 fully saturated rings. The maximum atomic E-state index is 4.46. The lowest BCUT2D eigenvalue weighted by atomic mass is 10.2. The molecular weight excluding hydrogens is 228 g/mol. The molecule has 0 bridgehead atoms. The number of hydrogen-bond donors (Lipinski definition) is 1. The van der Waals surface area contributed by atoms with Gasteiger partial charge in [0, 0.05) is 23.2 Å². The van der Waals surface area contributed by atoms with Gasteiger partial charge in [-0.05, 0) is 13.0 Å². The van der Waals surface area contributed by atoms with Crippen LogP contribution < -0.4 is 5.32 Å². The molecule has 90 valence electrons. The van der Waals surface area contributed by atoms with Crippen molar-refractivity contribution >= 4 is 11.3 Å². The second-order valence-electron chi connectivity index (χ2n) is 4.03. The highest BCUT2D eigenvalue weighted by Crippen LogP contribution is 2.24. The first-order valence-corrected chi connectivity index (χ1v) is 6.92. The molecule has 0 amide bonds. The van der Waals surface area contributed by atoms with Crippen LogP contribution in [-0.2, 0) is 6.54 Å². The first-order chi connectivity index (χ1) is 8.40.